The Labute approximate surface area is 176 Å². The van der Waals surface area contributed by atoms with E-state index in [9.17, 15) is 4.79 Å². The van der Waals surface area contributed by atoms with Gasteiger partial charge in [-0.05, 0) is 50.5 Å². The van der Waals surface area contributed by atoms with Crippen LogP contribution in [0, 0.1) is 20.8 Å². The summed E-state index contributed by atoms with van der Waals surface area (Å²) >= 11 is 1.51. The van der Waals surface area contributed by atoms with E-state index in [2.05, 4.69) is 44.2 Å². The van der Waals surface area contributed by atoms with Gasteiger partial charge in [0, 0.05) is 24.6 Å². The van der Waals surface area contributed by atoms with Crippen LogP contribution >= 0.6 is 11.3 Å². The molecule has 1 aliphatic heterocycles. The molecular formula is C24H26N2O2S. The smallest absolute Gasteiger partial charge is 0.265 e. The number of rotatable bonds is 4. The third-order valence-electron chi connectivity index (χ3n) is 5.67. The van der Waals surface area contributed by atoms with E-state index in [0.717, 1.165) is 46.4 Å². The van der Waals surface area contributed by atoms with Crippen molar-refractivity contribution in [1.29, 1.82) is 0 Å². The van der Waals surface area contributed by atoms with Crippen molar-refractivity contribution in [3.8, 4) is 16.3 Å². The zero-order valence-corrected chi connectivity index (χ0v) is 18.2. The fraction of sp³-hybridized carbons (Fsp3) is 0.333. The Balaban J connectivity index is 1.52. The maximum atomic E-state index is 13.2. The molecule has 2 heterocycles. The van der Waals surface area contributed by atoms with Gasteiger partial charge in [-0.15, -0.1) is 11.3 Å². The van der Waals surface area contributed by atoms with Crippen molar-refractivity contribution < 1.29 is 9.53 Å². The second-order valence-electron chi connectivity index (χ2n) is 7.76. The van der Waals surface area contributed by atoms with Crippen molar-refractivity contribution in [2.75, 3.05) is 20.2 Å². The highest BCUT2D eigenvalue weighted by Gasteiger charge is 2.30. The van der Waals surface area contributed by atoms with Gasteiger partial charge in [-0.25, -0.2) is 4.98 Å². The summed E-state index contributed by atoms with van der Waals surface area (Å²) in [6.45, 7) is 7.66. The van der Waals surface area contributed by atoms with Crippen molar-refractivity contribution in [3.05, 3.63) is 69.7 Å². The minimum Gasteiger partial charge on any atom is -0.497 e. The first kappa shape index (κ1) is 19.6. The molecule has 0 saturated carbocycles. The number of methoxy groups -OCH3 is 1. The Morgan fingerprint density at radius 2 is 1.90 bits per heavy atom. The zero-order chi connectivity index (χ0) is 20.5. The quantitative estimate of drug-likeness (QED) is 0.585. The van der Waals surface area contributed by atoms with Crippen LogP contribution in [0.3, 0.4) is 0 Å². The minimum atomic E-state index is 0.104. The van der Waals surface area contributed by atoms with Gasteiger partial charge in [0.2, 0.25) is 0 Å². The first-order valence-electron chi connectivity index (χ1n) is 9.94. The molecule has 1 atom stereocenters. The number of nitrogens with zero attached hydrogens (tertiary/aromatic N) is 2. The molecular weight excluding hydrogens is 380 g/mol. The zero-order valence-electron chi connectivity index (χ0n) is 17.4. The van der Waals surface area contributed by atoms with Crippen molar-refractivity contribution in [1.82, 2.24) is 9.88 Å². The van der Waals surface area contributed by atoms with Gasteiger partial charge in [0.25, 0.3) is 5.91 Å². The van der Waals surface area contributed by atoms with Gasteiger partial charge in [-0.1, -0.05) is 35.9 Å². The molecule has 0 spiro atoms. The first-order chi connectivity index (χ1) is 14.0. The maximum Gasteiger partial charge on any atom is 0.265 e. The number of likely N-dealkylation sites (tertiary alicyclic amines) is 1. The Bertz CT molecular complexity index is 1040. The van der Waals surface area contributed by atoms with Crippen LogP contribution in [0.4, 0.5) is 0 Å². The maximum absolute atomic E-state index is 13.2. The summed E-state index contributed by atoms with van der Waals surface area (Å²) in [5.41, 5.74) is 5.62. The molecule has 0 radical (unpaired) electrons. The van der Waals surface area contributed by atoms with Crippen LogP contribution in [0.15, 0.2) is 42.5 Å². The average molecular weight is 407 g/mol. The first-order valence-corrected chi connectivity index (χ1v) is 10.8. The van der Waals surface area contributed by atoms with E-state index in [1.165, 1.54) is 28.0 Å². The molecule has 0 N–H and O–H groups in total. The van der Waals surface area contributed by atoms with Crippen LogP contribution in [0.25, 0.3) is 10.6 Å². The topological polar surface area (TPSA) is 42.4 Å². The summed E-state index contributed by atoms with van der Waals surface area (Å²) in [5.74, 6) is 1.34. The SMILES string of the molecule is COc1ccc(C2CCN(C(=O)c3sc(-c4ccc(C)cc4C)nc3C)C2)cc1. The lowest BCUT2D eigenvalue weighted by atomic mass is 9.98. The lowest BCUT2D eigenvalue weighted by molar-refractivity contribution is 0.0794. The molecule has 1 saturated heterocycles. The molecule has 1 amide bonds. The Kier molecular flexibility index (Phi) is 5.41. The second-order valence-corrected chi connectivity index (χ2v) is 8.76. The summed E-state index contributed by atoms with van der Waals surface area (Å²) < 4.78 is 5.25. The molecule has 1 aromatic heterocycles. The van der Waals surface area contributed by atoms with Gasteiger partial charge in [0.05, 0.1) is 12.8 Å². The summed E-state index contributed by atoms with van der Waals surface area (Å²) in [7, 11) is 1.68. The monoisotopic (exact) mass is 406 g/mol. The van der Waals surface area contributed by atoms with Crippen molar-refractivity contribution >= 4 is 17.2 Å². The van der Waals surface area contributed by atoms with Crippen molar-refractivity contribution in [2.45, 2.75) is 33.1 Å². The highest BCUT2D eigenvalue weighted by molar-refractivity contribution is 7.17. The van der Waals surface area contributed by atoms with E-state index < -0.39 is 0 Å². The fourth-order valence-electron chi connectivity index (χ4n) is 4.00. The third kappa shape index (κ3) is 3.92. The summed E-state index contributed by atoms with van der Waals surface area (Å²) in [6, 6.07) is 14.6. The normalized spacial score (nSPS) is 16.3. The van der Waals surface area contributed by atoms with Crippen molar-refractivity contribution in [3.63, 3.8) is 0 Å². The Morgan fingerprint density at radius 1 is 1.14 bits per heavy atom. The molecule has 29 heavy (non-hydrogen) atoms. The second kappa shape index (κ2) is 7.99. The molecule has 1 unspecified atom stereocenters. The molecule has 4 nitrogen and oxygen atoms in total. The number of carbonyl (C=O) groups is 1. The van der Waals surface area contributed by atoms with Crippen LogP contribution in [0.1, 0.15) is 44.4 Å². The fourth-order valence-corrected chi connectivity index (χ4v) is 5.12. The molecule has 0 bridgehead atoms. The van der Waals surface area contributed by atoms with E-state index in [1.807, 2.05) is 24.0 Å². The molecule has 150 valence electrons. The van der Waals surface area contributed by atoms with E-state index in [1.54, 1.807) is 7.11 Å². The number of hydrogen-bond acceptors (Lipinski definition) is 4. The predicted octanol–water partition coefficient (Wildman–Crippen LogP) is 5.37. The number of amides is 1. The van der Waals surface area contributed by atoms with Gasteiger partial charge in [0.1, 0.15) is 15.6 Å². The van der Waals surface area contributed by atoms with E-state index in [-0.39, 0.29) is 5.91 Å². The molecule has 1 aliphatic rings. The third-order valence-corrected chi connectivity index (χ3v) is 6.84. The number of carbonyl (C=O) groups excluding carboxylic acids is 1. The number of ether oxygens (including phenoxy) is 1. The highest BCUT2D eigenvalue weighted by atomic mass is 32.1. The van der Waals surface area contributed by atoms with E-state index >= 15 is 0 Å². The van der Waals surface area contributed by atoms with Crippen molar-refractivity contribution in [2.24, 2.45) is 0 Å². The Morgan fingerprint density at radius 3 is 2.59 bits per heavy atom. The van der Waals surface area contributed by atoms with E-state index in [4.69, 9.17) is 9.72 Å². The molecule has 5 heteroatoms. The largest absolute Gasteiger partial charge is 0.497 e. The lowest BCUT2D eigenvalue weighted by Gasteiger charge is -2.16. The number of hydrogen-bond donors (Lipinski definition) is 0. The molecule has 1 fully saturated rings. The number of thiazole rings is 1. The summed E-state index contributed by atoms with van der Waals surface area (Å²) in [4.78, 5) is 20.7. The van der Waals surface area contributed by atoms with Crippen LogP contribution in [0.2, 0.25) is 0 Å². The van der Waals surface area contributed by atoms with Gasteiger partial charge < -0.3 is 9.64 Å². The standard InChI is InChI=1S/C24H26N2O2S/c1-15-5-10-21(16(2)13-15)23-25-17(3)22(29-23)24(27)26-12-11-19(14-26)18-6-8-20(28-4)9-7-18/h5-10,13,19H,11-12,14H2,1-4H3. The van der Waals surface area contributed by atoms with Gasteiger partial charge >= 0.3 is 0 Å². The van der Waals surface area contributed by atoms with Gasteiger partial charge in [-0.3, -0.25) is 4.79 Å². The van der Waals surface area contributed by atoms with Crippen LogP contribution < -0.4 is 4.74 Å². The minimum absolute atomic E-state index is 0.104. The molecule has 4 rings (SSSR count). The predicted molar refractivity (Wildman–Crippen MR) is 118 cm³/mol. The molecule has 0 aliphatic carbocycles. The van der Waals surface area contributed by atoms with E-state index in [0.29, 0.717) is 5.92 Å². The van der Waals surface area contributed by atoms with Gasteiger partial charge in [0.15, 0.2) is 0 Å². The number of benzene rings is 2. The Hall–Kier alpha value is -2.66. The number of aryl methyl sites for hydroxylation is 3. The molecule has 3 aromatic rings. The average Bonchev–Trinajstić information content (AvgIpc) is 3.35. The van der Waals surface area contributed by atoms with Gasteiger partial charge in [-0.2, -0.15) is 0 Å². The summed E-state index contributed by atoms with van der Waals surface area (Å²) in [6.07, 6.45) is 0.986. The van der Waals surface area contributed by atoms with Crippen LogP contribution in [-0.2, 0) is 0 Å². The number of aromatic nitrogens is 1. The van der Waals surface area contributed by atoms with Crippen LogP contribution in [-0.4, -0.2) is 36.0 Å². The highest BCUT2D eigenvalue weighted by Crippen LogP contribution is 2.34. The van der Waals surface area contributed by atoms with Crippen LogP contribution in [0.5, 0.6) is 5.75 Å². The molecule has 2 aromatic carbocycles. The lowest BCUT2D eigenvalue weighted by Crippen LogP contribution is -2.28. The summed E-state index contributed by atoms with van der Waals surface area (Å²) in [5, 5.41) is 0.925.